The van der Waals surface area contributed by atoms with Crippen molar-refractivity contribution in [3.8, 4) is 0 Å². The quantitative estimate of drug-likeness (QED) is 0.622. The van der Waals surface area contributed by atoms with Crippen molar-refractivity contribution >= 4 is 29.2 Å². The van der Waals surface area contributed by atoms with Gasteiger partial charge in [0.2, 0.25) is 5.91 Å². The van der Waals surface area contributed by atoms with E-state index in [0.29, 0.717) is 23.4 Å². The van der Waals surface area contributed by atoms with E-state index in [1.165, 1.54) is 7.11 Å². The summed E-state index contributed by atoms with van der Waals surface area (Å²) in [6.07, 6.45) is 0.881. The largest absolute Gasteiger partial charge is 0.465 e. The van der Waals surface area contributed by atoms with E-state index in [1.807, 2.05) is 6.92 Å². The number of rotatable bonds is 8. The Bertz CT molecular complexity index is 786. The summed E-state index contributed by atoms with van der Waals surface area (Å²) in [5, 5.41) is 8.53. The molecule has 142 valence electrons. The van der Waals surface area contributed by atoms with E-state index in [-0.39, 0.29) is 18.4 Å². The Kier molecular flexibility index (Phi) is 7.37. The Hall–Kier alpha value is -3.35. The first kappa shape index (κ1) is 20.0. The van der Waals surface area contributed by atoms with Crippen molar-refractivity contribution in [3.63, 3.8) is 0 Å². The van der Waals surface area contributed by atoms with Gasteiger partial charge in [0.05, 0.1) is 19.2 Å². The average molecular weight is 369 g/mol. The molecule has 2 aromatic carbocycles. The second-order valence-corrected chi connectivity index (χ2v) is 5.80. The van der Waals surface area contributed by atoms with Gasteiger partial charge in [-0.05, 0) is 55.0 Å². The standard InChI is InChI=1S/C20H23N3O4/c1-3-12-21-19(25)14-4-8-16(9-5-14)22-13-18(24)23-17-10-6-15(7-11-17)20(26)27-2/h4-11,22H,3,12-13H2,1-2H3,(H,21,25)(H,23,24). The number of nitrogens with one attached hydrogen (secondary N) is 3. The Balaban J connectivity index is 1.83. The fourth-order valence-electron chi connectivity index (χ4n) is 2.28. The predicted octanol–water partition coefficient (Wildman–Crippen LogP) is 2.66. The molecule has 0 saturated heterocycles. The Morgan fingerprint density at radius 1 is 0.889 bits per heavy atom. The molecule has 2 rings (SSSR count). The molecule has 0 heterocycles. The second kappa shape index (κ2) is 9.96. The number of hydrogen-bond donors (Lipinski definition) is 3. The van der Waals surface area contributed by atoms with Gasteiger partial charge in [-0.25, -0.2) is 4.79 Å². The summed E-state index contributed by atoms with van der Waals surface area (Å²) in [5.41, 5.74) is 2.30. The molecule has 3 N–H and O–H groups in total. The molecule has 7 nitrogen and oxygen atoms in total. The summed E-state index contributed by atoms with van der Waals surface area (Å²) in [6, 6.07) is 13.3. The minimum Gasteiger partial charge on any atom is -0.465 e. The lowest BCUT2D eigenvalue weighted by molar-refractivity contribution is -0.114. The Morgan fingerprint density at radius 3 is 2.07 bits per heavy atom. The van der Waals surface area contributed by atoms with Gasteiger partial charge in [0, 0.05) is 23.5 Å². The average Bonchev–Trinajstić information content (AvgIpc) is 2.70. The topological polar surface area (TPSA) is 96.5 Å². The summed E-state index contributed by atoms with van der Waals surface area (Å²) in [6.45, 7) is 2.70. The molecule has 0 saturated carbocycles. The molecular weight excluding hydrogens is 346 g/mol. The minimum atomic E-state index is -0.429. The van der Waals surface area contributed by atoms with Gasteiger partial charge in [-0.15, -0.1) is 0 Å². The van der Waals surface area contributed by atoms with Crippen LogP contribution < -0.4 is 16.0 Å². The van der Waals surface area contributed by atoms with Crippen molar-refractivity contribution in [1.82, 2.24) is 5.32 Å². The second-order valence-electron chi connectivity index (χ2n) is 5.80. The molecular formula is C20H23N3O4. The SMILES string of the molecule is CCCNC(=O)c1ccc(NCC(=O)Nc2ccc(C(=O)OC)cc2)cc1. The Morgan fingerprint density at radius 2 is 1.48 bits per heavy atom. The van der Waals surface area contributed by atoms with Crippen molar-refractivity contribution in [2.45, 2.75) is 13.3 Å². The van der Waals surface area contributed by atoms with E-state index >= 15 is 0 Å². The van der Waals surface area contributed by atoms with Crippen molar-refractivity contribution in [3.05, 3.63) is 59.7 Å². The maximum atomic E-state index is 12.0. The monoisotopic (exact) mass is 369 g/mol. The number of amides is 2. The van der Waals surface area contributed by atoms with Crippen molar-refractivity contribution in [2.75, 3.05) is 30.8 Å². The van der Waals surface area contributed by atoms with Gasteiger partial charge in [-0.1, -0.05) is 6.92 Å². The van der Waals surface area contributed by atoms with Crippen LogP contribution in [0.1, 0.15) is 34.1 Å². The zero-order valence-electron chi connectivity index (χ0n) is 15.4. The summed E-state index contributed by atoms with van der Waals surface area (Å²) in [4.78, 5) is 35.2. The normalized spacial score (nSPS) is 10.0. The Labute approximate surface area is 158 Å². The fraction of sp³-hybridized carbons (Fsp3) is 0.250. The number of carbonyl (C=O) groups excluding carboxylic acids is 3. The van der Waals surface area contributed by atoms with Gasteiger partial charge in [0.15, 0.2) is 0 Å². The molecule has 0 aliphatic heterocycles. The predicted molar refractivity (Wildman–Crippen MR) is 104 cm³/mol. The molecule has 0 fully saturated rings. The summed E-state index contributed by atoms with van der Waals surface area (Å²) in [7, 11) is 1.31. The van der Waals surface area contributed by atoms with Crippen LogP contribution in [0.4, 0.5) is 11.4 Å². The lowest BCUT2D eigenvalue weighted by Gasteiger charge is -2.09. The minimum absolute atomic E-state index is 0.0696. The molecule has 0 spiro atoms. The smallest absolute Gasteiger partial charge is 0.337 e. The summed E-state index contributed by atoms with van der Waals surface area (Å²) < 4.78 is 4.63. The van der Waals surface area contributed by atoms with Crippen molar-refractivity contribution < 1.29 is 19.1 Å². The molecule has 2 aromatic rings. The van der Waals surface area contributed by atoms with Crippen LogP contribution in [-0.2, 0) is 9.53 Å². The first-order chi connectivity index (χ1) is 13.0. The summed E-state index contributed by atoms with van der Waals surface area (Å²) >= 11 is 0. The molecule has 0 aliphatic rings. The third-order valence-electron chi connectivity index (χ3n) is 3.73. The first-order valence-electron chi connectivity index (χ1n) is 8.64. The molecule has 2 amide bonds. The third kappa shape index (κ3) is 6.14. The number of benzene rings is 2. The highest BCUT2D eigenvalue weighted by molar-refractivity contribution is 5.96. The zero-order chi connectivity index (χ0) is 19.6. The fourth-order valence-corrected chi connectivity index (χ4v) is 2.28. The zero-order valence-corrected chi connectivity index (χ0v) is 15.4. The first-order valence-corrected chi connectivity index (χ1v) is 8.64. The highest BCUT2D eigenvalue weighted by Gasteiger charge is 2.07. The van der Waals surface area contributed by atoms with E-state index in [2.05, 4.69) is 20.7 Å². The number of methoxy groups -OCH3 is 1. The highest BCUT2D eigenvalue weighted by atomic mass is 16.5. The summed E-state index contributed by atoms with van der Waals surface area (Å²) in [5.74, 6) is -0.775. The van der Waals surface area contributed by atoms with Gasteiger partial charge in [-0.2, -0.15) is 0 Å². The molecule has 0 bridgehead atoms. The molecule has 0 aliphatic carbocycles. The van der Waals surface area contributed by atoms with Gasteiger partial charge in [0.1, 0.15) is 0 Å². The number of esters is 1. The van der Waals surface area contributed by atoms with Crippen LogP contribution in [0.25, 0.3) is 0 Å². The van der Waals surface area contributed by atoms with E-state index in [1.54, 1.807) is 48.5 Å². The molecule has 0 atom stereocenters. The molecule has 0 unspecified atom stereocenters. The molecule has 0 aromatic heterocycles. The van der Waals surface area contributed by atoms with Gasteiger partial charge >= 0.3 is 5.97 Å². The number of carbonyl (C=O) groups is 3. The van der Waals surface area contributed by atoms with Gasteiger partial charge < -0.3 is 20.7 Å². The highest BCUT2D eigenvalue weighted by Crippen LogP contribution is 2.12. The van der Waals surface area contributed by atoms with Crippen LogP contribution in [0.3, 0.4) is 0 Å². The maximum absolute atomic E-state index is 12.0. The van der Waals surface area contributed by atoms with Crippen molar-refractivity contribution in [2.24, 2.45) is 0 Å². The van der Waals surface area contributed by atoms with Crippen LogP contribution in [0.5, 0.6) is 0 Å². The van der Waals surface area contributed by atoms with Gasteiger partial charge in [-0.3, -0.25) is 9.59 Å². The van der Waals surface area contributed by atoms with Crippen LogP contribution >= 0.6 is 0 Å². The van der Waals surface area contributed by atoms with E-state index < -0.39 is 5.97 Å². The molecule has 0 radical (unpaired) electrons. The lowest BCUT2D eigenvalue weighted by Crippen LogP contribution is -2.24. The maximum Gasteiger partial charge on any atom is 0.337 e. The number of anilines is 2. The molecule has 7 heteroatoms. The van der Waals surface area contributed by atoms with Crippen molar-refractivity contribution in [1.29, 1.82) is 0 Å². The third-order valence-corrected chi connectivity index (χ3v) is 3.73. The van der Waals surface area contributed by atoms with Crippen LogP contribution in [0, 0.1) is 0 Å². The van der Waals surface area contributed by atoms with E-state index in [9.17, 15) is 14.4 Å². The number of ether oxygens (including phenoxy) is 1. The van der Waals surface area contributed by atoms with E-state index in [0.717, 1.165) is 12.1 Å². The molecule has 27 heavy (non-hydrogen) atoms. The van der Waals surface area contributed by atoms with Crippen LogP contribution in [0.15, 0.2) is 48.5 Å². The van der Waals surface area contributed by atoms with E-state index in [4.69, 9.17) is 0 Å². The van der Waals surface area contributed by atoms with Crippen LogP contribution in [0.2, 0.25) is 0 Å². The van der Waals surface area contributed by atoms with Gasteiger partial charge in [0.25, 0.3) is 5.91 Å². The lowest BCUT2D eigenvalue weighted by atomic mass is 10.2. The number of hydrogen-bond acceptors (Lipinski definition) is 5. The van der Waals surface area contributed by atoms with Crippen LogP contribution in [-0.4, -0.2) is 38.0 Å².